The van der Waals surface area contributed by atoms with Gasteiger partial charge in [0.05, 0.1) is 26.7 Å². The third-order valence-corrected chi connectivity index (χ3v) is 4.04. The molecule has 1 aromatic heterocycles. The number of hydrogen-bond acceptors (Lipinski definition) is 5. The minimum Gasteiger partial charge on any atom is -0.354 e. The summed E-state index contributed by atoms with van der Waals surface area (Å²) in [6, 6.07) is 8.48. The van der Waals surface area contributed by atoms with Crippen molar-refractivity contribution < 1.29 is 9.31 Å². The molecule has 3 rings (SSSR count). The molecule has 25 heavy (non-hydrogen) atoms. The minimum absolute atomic E-state index is 0.0644. The van der Waals surface area contributed by atoms with Crippen molar-refractivity contribution in [2.24, 2.45) is 0 Å². The number of nitrogens with zero attached hydrogens (tertiary/aromatic N) is 3. The number of rotatable bonds is 3. The van der Waals surface area contributed by atoms with Gasteiger partial charge in [0.15, 0.2) is 0 Å². The predicted octanol–water partition coefficient (Wildman–Crippen LogP) is 5.20. The molecule has 0 aliphatic carbocycles. The van der Waals surface area contributed by atoms with Crippen LogP contribution >= 0.6 is 23.2 Å². The Labute approximate surface area is 150 Å². The van der Waals surface area contributed by atoms with Gasteiger partial charge in [-0.2, -0.15) is 5.26 Å². The molecule has 0 fully saturated rings. The fourth-order valence-corrected chi connectivity index (χ4v) is 2.69. The number of pyridine rings is 1. The van der Waals surface area contributed by atoms with E-state index in [1.165, 1.54) is 36.5 Å². The Morgan fingerprint density at radius 2 is 2.00 bits per heavy atom. The minimum atomic E-state index is -0.626. The molecule has 0 aliphatic heterocycles. The summed E-state index contributed by atoms with van der Waals surface area (Å²) in [5.74, 6) is -0.588. The van der Waals surface area contributed by atoms with Crippen LogP contribution in [-0.2, 0) is 0 Å². The molecular weight excluding hydrogens is 370 g/mol. The zero-order valence-corrected chi connectivity index (χ0v) is 13.8. The Hall–Kier alpha value is -2.95. The first-order chi connectivity index (χ1) is 11.9. The molecule has 0 unspecified atom stereocenters. The van der Waals surface area contributed by atoms with Gasteiger partial charge in [-0.05, 0) is 24.3 Å². The van der Waals surface area contributed by atoms with Gasteiger partial charge in [-0.1, -0.05) is 23.2 Å². The highest BCUT2D eigenvalue weighted by molar-refractivity contribution is 6.33. The van der Waals surface area contributed by atoms with E-state index in [1.807, 2.05) is 6.07 Å². The first-order valence-corrected chi connectivity index (χ1v) is 7.55. The average molecular weight is 377 g/mol. The van der Waals surface area contributed by atoms with Crippen molar-refractivity contribution in [3.63, 3.8) is 0 Å². The SMILES string of the molecule is N#Cc1cnc2cc(Cl)c([N+](=O)[O-])cc2c1Nc1ccc(F)c(Cl)c1. The number of nitro benzene ring substituents is 1. The maximum Gasteiger partial charge on any atom is 0.288 e. The fourth-order valence-electron chi connectivity index (χ4n) is 2.28. The van der Waals surface area contributed by atoms with E-state index in [0.29, 0.717) is 16.6 Å². The van der Waals surface area contributed by atoms with E-state index in [0.717, 1.165) is 0 Å². The number of nitrogens with one attached hydrogen (secondary N) is 1. The Morgan fingerprint density at radius 1 is 1.24 bits per heavy atom. The van der Waals surface area contributed by atoms with Gasteiger partial charge in [-0.15, -0.1) is 0 Å². The number of benzene rings is 2. The van der Waals surface area contributed by atoms with E-state index in [2.05, 4.69) is 10.3 Å². The molecule has 3 aromatic rings. The van der Waals surface area contributed by atoms with E-state index in [4.69, 9.17) is 23.2 Å². The quantitative estimate of drug-likeness (QED) is 0.500. The van der Waals surface area contributed by atoms with Gasteiger partial charge >= 0.3 is 0 Å². The van der Waals surface area contributed by atoms with Crippen molar-refractivity contribution in [2.45, 2.75) is 0 Å². The number of anilines is 2. The lowest BCUT2D eigenvalue weighted by Crippen LogP contribution is -1.98. The normalized spacial score (nSPS) is 10.5. The van der Waals surface area contributed by atoms with Gasteiger partial charge in [0, 0.05) is 23.3 Å². The molecule has 9 heteroatoms. The predicted molar refractivity (Wildman–Crippen MR) is 92.8 cm³/mol. The number of halogens is 3. The zero-order valence-electron chi connectivity index (χ0n) is 12.3. The third kappa shape index (κ3) is 3.18. The highest BCUT2D eigenvalue weighted by Crippen LogP contribution is 2.35. The molecule has 0 atom stereocenters. The molecule has 2 aromatic carbocycles. The summed E-state index contributed by atoms with van der Waals surface area (Å²) in [5, 5.41) is 23.5. The standard InChI is InChI=1S/C16H7Cl2FN4O2/c17-11-3-9(1-2-13(11)19)22-16-8(6-20)7-21-14-5-12(18)15(23(24)25)4-10(14)16/h1-5,7H,(H,21,22). The Kier molecular flexibility index (Phi) is 4.40. The van der Waals surface area contributed by atoms with E-state index < -0.39 is 10.7 Å². The second-order valence-electron chi connectivity index (χ2n) is 4.99. The zero-order chi connectivity index (χ0) is 18.1. The number of nitriles is 1. The van der Waals surface area contributed by atoms with Crippen LogP contribution in [-0.4, -0.2) is 9.91 Å². The molecule has 6 nitrogen and oxygen atoms in total. The molecule has 1 N–H and O–H groups in total. The number of aromatic nitrogens is 1. The molecule has 0 saturated heterocycles. The molecule has 0 saturated carbocycles. The first-order valence-electron chi connectivity index (χ1n) is 6.79. The summed E-state index contributed by atoms with van der Waals surface area (Å²) in [5.41, 5.74) is 0.907. The Bertz CT molecular complexity index is 1070. The van der Waals surface area contributed by atoms with Crippen molar-refractivity contribution in [3.05, 3.63) is 68.1 Å². The highest BCUT2D eigenvalue weighted by atomic mass is 35.5. The maximum absolute atomic E-state index is 13.3. The summed E-state index contributed by atoms with van der Waals surface area (Å²) in [6.45, 7) is 0. The van der Waals surface area contributed by atoms with Gasteiger partial charge in [0.1, 0.15) is 16.9 Å². The first kappa shape index (κ1) is 16.9. The van der Waals surface area contributed by atoms with E-state index in [1.54, 1.807) is 0 Å². The lowest BCUT2D eigenvalue weighted by Gasteiger charge is -2.12. The number of nitro groups is 1. The van der Waals surface area contributed by atoms with Crippen molar-refractivity contribution in [1.29, 1.82) is 5.26 Å². The van der Waals surface area contributed by atoms with Gasteiger partial charge < -0.3 is 5.32 Å². The highest BCUT2D eigenvalue weighted by Gasteiger charge is 2.18. The summed E-state index contributed by atoms with van der Waals surface area (Å²) >= 11 is 11.7. The molecule has 0 radical (unpaired) electrons. The second-order valence-corrected chi connectivity index (χ2v) is 5.80. The van der Waals surface area contributed by atoms with Crippen molar-refractivity contribution in [2.75, 3.05) is 5.32 Å². The van der Waals surface area contributed by atoms with Crippen LogP contribution in [0.4, 0.5) is 21.5 Å². The monoisotopic (exact) mass is 376 g/mol. The topological polar surface area (TPSA) is 91.8 Å². The van der Waals surface area contributed by atoms with Crippen LogP contribution in [0.15, 0.2) is 36.5 Å². The summed E-state index contributed by atoms with van der Waals surface area (Å²) in [4.78, 5) is 14.6. The van der Waals surface area contributed by atoms with Crippen molar-refractivity contribution in [1.82, 2.24) is 4.98 Å². The summed E-state index contributed by atoms with van der Waals surface area (Å²) < 4.78 is 13.3. The third-order valence-electron chi connectivity index (χ3n) is 3.44. The van der Waals surface area contributed by atoms with Crippen molar-refractivity contribution >= 4 is 51.2 Å². The molecule has 0 amide bonds. The molecule has 0 bridgehead atoms. The van der Waals surface area contributed by atoms with Gasteiger partial charge in [-0.25, -0.2) is 4.39 Å². The van der Waals surface area contributed by atoms with Gasteiger partial charge in [-0.3, -0.25) is 15.1 Å². The van der Waals surface area contributed by atoms with Crippen LogP contribution in [0.3, 0.4) is 0 Å². The number of hydrogen-bond donors (Lipinski definition) is 1. The molecule has 124 valence electrons. The smallest absolute Gasteiger partial charge is 0.288 e. The summed E-state index contributed by atoms with van der Waals surface area (Å²) in [6.07, 6.45) is 1.32. The van der Waals surface area contributed by atoms with Crippen LogP contribution in [0.2, 0.25) is 10.0 Å². The molecule has 0 spiro atoms. The van der Waals surface area contributed by atoms with Gasteiger partial charge in [0.2, 0.25) is 0 Å². The van der Waals surface area contributed by atoms with Crippen LogP contribution < -0.4 is 5.32 Å². The van der Waals surface area contributed by atoms with E-state index in [9.17, 15) is 19.8 Å². The number of fused-ring (bicyclic) bond motifs is 1. The van der Waals surface area contributed by atoms with Crippen molar-refractivity contribution in [3.8, 4) is 6.07 Å². The molecule has 0 aliphatic rings. The van der Waals surface area contributed by atoms with E-state index in [-0.39, 0.29) is 27.0 Å². The average Bonchev–Trinajstić information content (AvgIpc) is 2.57. The fraction of sp³-hybridized carbons (Fsp3) is 0. The Balaban J connectivity index is 2.23. The molecule has 1 heterocycles. The maximum atomic E-state index is 13.3. The summed E-state index contributed by atoms with van der Waals surface area (Å²) in [7, 11) is 0. The largest absolute Gasteiger partial charge is 0.354 e. The van der Waals surface area contributed by atoms with E-state index >= 15 is 0 Å². The van der Waals surface area contributed by atoms with Crippen LogP contribution in [0, 0.1) is 27.3 Å². The Morgan fingerprint density at radius 3 is 2.64 bits per heavy atom. The second kappa shape index (κ2) is 6.51. The van der Waals surface area contributed by atoms with Crippen LogP contribution in [0.5, 0.6) is 0 Å². The van der Waals surface area contributed by atoms with Crippen LogP contribution in [0.25, 0.3) is 10.9 Å². The lowest BCUT2D eigenvalue weighted by molar-refractivity contribution is -0.384. The lowest BCUT2D eigenvalue weighted by atomic mass is 10.1. The van der Waals surface area contributed by atoms with Gasteiger partial charge in [0.25, 0.3) is 5.69 Å². The van der Waals surface area contributed by atoms with Crippen LogP contribution in [0.1, 0.15) is 5.56 Å². The molecular formula is C16H7Cl2FN4O2.